The van der Waals surface area contributed by atoms with Gasteiger partial charge in [-0.3, -0.25) is 4.79 Å². The van der Waals surface area contributed by atoms with Gasteiger partial charge < -0.3 is 19.9 Å². The highest BCUT2D eigenvalue weighted by Gasteiger charge is 2.20. The molecule has 1 aliphatic heterocycles. The molecule has 1 aromatic heterocycles. The van der Waals surface area contributed by atoms with Gasteiger partial charge >= 0.3 is 5.97 Å². The molecule has 2 N–H and O–H groups in total. The molecule has 1 aromatic rings. The summed E-state index contributed by atoms with van der Waals surface area (Å²) in [6.45, 7) is 5.38. The molecule has 1 saturated heterocycles. The van der Waals surface area contributed by atoms with Gasteiger partial charge in [0.15, 0.2) is 0 Å². The second-order valence-corrected chi connectivity index (χ2v) is 5.51. The lowest BCUT2D eigenvalue weighted by atomic mass is 10.0. The van der Waals surface area contributed by atoms with E-state index in [9.17, 15) is 9.59 Å². The Kier molecular flexibility index (Phi) is 5.38. The molecule has 1 aliphatic rings. The lowest BCUT2D eigenvalue weighted by molar-refractivity contribution is -0.122. The Hall–Kier alpha value is -1.82. The van der Waals surface area contributed by atoms with Crippen LogP contribution in [0.15, 0.2) is 18.3 Å². The van der Waals surface area contributed by atoms with E-state index in [-0.39, 0.29) is 24.2 Å². The van der Waals surface area contributed by atoms with Gasteiger partial charge in [0.05, 0.1) is 0 Å². The monoisotopic (exact) mass is 293 g/mol. The molecule has 1 amide bonds. The number of rotatable bonds is 6. The summed E-state index contributed by atoms with van der Waals surface area (Å²) < 4.78 is 1.46. The Morgan fingerprint density at radius 3 is 2.71 bits per heavy atom. The van der Waals surface area contributed by atoms with Crippen molar-refractivity contribution in [3.05, 3.63) is 24.0 Å². The predicted octanol–water partition coefficient (Wildman–Crippen LogP) is 1.18. The Morgan fingerprint density at radius 1 is 1.38 bits per heavy atom. The average molecular weight is 293 g/mol. The molecular weight excluding hydrogens is 270 g/mol. The lowest BCUT2D eigenvalue weighted by Gasteiger charge is -2.32. The highest BCUT2D eigenvalue weighted by Crippen LogP contribution is 2.11. The van der Waals surface area contributed by atoms with Crippen molar-refractivity contribution >= 4 is 11.9 Å². The maximum absolute atomic E-state index is 12.0. The number of carboxylic acid groups (broad SMARTS) is 1. The van der Waals surface area contributed by atoms with Crippen LogP contribution in [0.4, 0.5) is 0 Å². The quantitative estimate of drug-likeness (QED) is 0.826. The van der Waals surface area contributed by atoms with Crippen molar-refractivity contribution in [2.24, 2.45) is 0 Å². The number of aromatic carboxylic acids is 1. The molecule has 0 radical (unpaired) electrons. The fourth-order valence-corrected chi connectivity index (χ4v) is 2.79. The van der Waals surface area contributed by atoms with Gasteiger partial charge in [0, 0.05) is 25.3 Å². The van der Waals surface area contributed by atoms with Gasteiger partial charge in [0.2, 0.25) is 5.91 Å². The van der Waals surface area contributed by atoms with Crippen molar-refractivity contribution in [2.45, 2.75) is 38.8 Å². The third kappa shape index (κ3) is 4.32. The number of aromatic nitrogens is 1. The van der Waals surface area contributed by atoms with Crippen molar-refractivity contribution in [3.8, 4) is 0 Å². The van der Waals surface area contributed by atoms with Crippen LogP contribution in [0.3, 0.4) is 0 Å². The molecule has 0 saturated carbocycles. The van der Waals surface area contributed by atoms with Crippen LogP contribution in [0.2, 0.25) is 0 Å². The molecule has 0 spiro atoms. The minimum absolute atomic E-state index is 0.0593. The summed E-state index contributed by atoms with van der Waals surface area (Å²) in [6, 6.07) is 3.34. The molecule has 2 rings (SSSR count). The molecule has 0 aliphatic carbocycles. The van der Waals surface area contributed by atoms with Gasteiger partial charge in [-0.15, -0.1) is 0 Å². The van der Waals surface area contributed by atoms with E-state index in [1.54, 1.807) is 12.3 Å². The van der Waals surface area contributed by atoms with E-state index in [0.29, 0.717) is 0 Å². The van der Waals surface area contributed by atoms with Gasteiger partial charge in [-0.05, 0) is 37.9 Å². The number of carboxylic acids is 1. The number of amides is 1. The molecule has 0 atom stereocenters. The molecule has 2 heterocycles. The molecule has 0 unspecified atom stereocenters. The van der Waals surface area contributed by atoms with E-state index >= 15 is 0 Å². The molecule has 0 bridgehead atoms. The zero-order valence-corrected chi connectivity index (χ0v) is 12.4. The topological polar surface area (TPSA) is 74.6 Å². The fraction of sp³-hybridized carbons (Fsp3) is 0.600. The Balaban J connectivity index is 1.80. The highest BCUT2D eigenvalue weighted by molar-refractivity contribution is 5.86. The van der Waals surface area contributed by atoms with Gasteiger partial charge in [0.1, 0.15) is 12.2 Å². The number of hydrogen-bond donors (Lipinski definition) is 2. The first-order chi connectivity index (χ1) is 10.1. The van der Waals surface area contributed by atoms with Crippen LogP contribution >= 0.6 is 0 Å². The van der Waals surface area contributed by atoms with Crippen LogP contribution < -0.4 is 5.32 Å². The van der Waals surface area contributed by atoms with Crippen LogP contribution in [-0.4, -0.2) is 52.1 Å². The van der Waals surface area contributed by atoms with Crippen LogP contribution in [0, 0.1) is 0 Å². The Labute approximate surface area is 124 Å². The fourth-order valence-electron chi connectivity index (χ4n) is 2.79. The summed E-state index contributed by atoms with van der Waals surface area (Å²) in [7, 11) is 0. The van der Waals surface area contributed by atoms with Crippen LogP contribution in [0.1, 0.15) is 36.7 Å². The Bertz CT molecular complexity index is 490. The van der Waals surface area contributed by atoms with Gasteiger partial charge in [-0.1, -0.05) is 6.92 Å². The zero-order valence-electron chi connectivity index (χ0n) is 12.4. The second kappa shape index (κ2) is 7.26. The number of likely N-dealkylation sites (tertiary alicyclic amines) is 1. The summed E-state index contributed by atoms with van der Waals surface area (Å²) in [4.78, 5) is 25.4. The van der Waals surface area contributed by atoms with Gasteiger partial charge in [-0.25, -0.2) is 4.79 Å². The Morgan fingerprint density at radius 2 is 2.10 bits per heavy atom. The first-order valence-electron chi connectivity index (χ1n) is 7.50. The maximum Gasteiger partial charge on any atom is 0.352 e. The van der Waals surface area contributed by atoms with Crippen LogP contribution in [-0.2, 0) is 11.3 Å². The van der Waals surface area contributed by atoms with E-state index in [1.165, 1.54) is 10.6 Å². The van der Waals surface area contributed by atoms with Gasteiger partial charge in [-0.2, -0.15) is 0 Å². The molecule has 1 fully saturated rings. The minimum Gasteiger partial charge on any atom is -0.477 e. The molecule has 0 aromatic carbocycles. The smallest absolute Gasteiger partial charge is 0.352 e. The van der Waals surface area contributed by atoms with Crippen molar-refractivity contribution in [1.29, 1.82) is 0 Å². The number of nitrogens with one attached hydrogen (secondary N) is 1. The number of hydrogen-bond acceptors (Lipinski definition) is 3. The SMILES string of the molecule is CCCN1CCC(NC(=O)Cn2cccc2C(=O)O)CC1. The van der Waals surface area contributed by atoms with Crippen molar-refractivity contribution < 1.29 is 14.7 Å². The normalized spacial score (nSPS) is 16.8. The summed E-state index contributed by atoms with van der Waals surface area (Å²) in [6.07, 6.45) is 4.70. The first-order valence-corrected chi connectivity index (χ1v) is 7.50. The first kappa shape index (κ1) is 15.6. The molecule has 21 heavy (non-hydrogen) atoms. The van der Waals surface area contributed by atoms with E-state index in [2.05, 4.69) is 17.1 Å². The predicted molar refractivity (Wildman–Crippen MR) is 79.3 cm³/mol. The maximum atomic E-state index is 12.0. The van der Waals surface area contributed by atoms with E-state index in [1.807, 2.05) is 0 Å². The van der Waals surface area contributed by atoms with E-state index in [0.717, 1.165) is 38.9 Å². The molecule has 116 valence electrons. The second-order valence-electron chi connectivity index (χ2n) is 5.51. The average Bonchev–Trinajstić information content (AvgIpc) is 2.89. The van der Waals surface area contributed by atoms with Crippen molar-refractivity contribution in [1.82, 2.24) is 14.8 Å². The van der Waals surface area contributed by atoms with Crippen LogP contribution in [0.5, 0.6) is 0 Å². The third-order valence-corrected chi connectivity index (χ3v) is 3.86. The number of nitrogens with zero attached hydrogens (tertiary/aromatic N) is 2. The largest absolute Gasteiger partial charge is 0.477 e. The van der Waals surface area contributed by atoms with Crippen molar-refractivity contribution in [2.75, 3.05) is 19.6 Å². The van der Waals surface area contributed by atoms with Gasteiger partial charge in [0.25, 0.3) is 0 Å². The van der Waals surface area contributed by atoms with Crippen molar-refractivity contribution in [3.63, 3.8) is 0 Å². The highest BCUT2D eigenvalue weighted by atomic mass is 16.4. The zero-order chi connectivity index (χ0) is 15.2. The number of carbonyl (C=O) groups is 2. The number of piperidine rings is 1. The van der Waals surface area contributed by atoms with E-state index < -0.39 is 5.97 Å². The molecular formula is C15H23N3O3. The van der Waals surface area contributed by atoms with Crippen LogP contribution in [0.25, 0.3) is 0 Å². The third-order valence-electron chi connectivity index (χ3n) is 3.86. The number of carbonyl (C=O) groups excluding carboxylic acids is 1. The molecule has 6 nitrogen and oxygen atoms in total. The summed E-state index contributed by atoms with van der Waals surface area (Å²) >= 11 is 0. The molecule has 6 heteroatoms. The lowest BCUT2D eigenvalue weighted by Crippen LogP contribution is -2.45. The summed E-state index contributed by atoms with van der Waals surface area (Å²) in [5.41, 5.74) is 0.142. The summed E-state index contributed by atoms with van der Waals surface area (Å²) in [5, 5.41) is 12.0. The minimum atomic E-state index is -1.01. The standard InChI is InChI=1S/C15H23N3O3/c1-2-7-17-9-5-12(6-10-17)16-14(19)11-18-8-3-4-13(18)15(20)21/h3-4,8,12H,2,5-7,9-11H2,1H3,(H,16,19)(H,20,21). The van der Waals surface area contributed by atoms with E-state index in [4.69, 9.17) is 5.11 Å². The summed E-state index contributed by atoms with van der Waals surface area (Å²) in [5.74, 6) is -1.14.